The molecule has 6 heteroatoms. The lowest BCUT2D eigenvalue weighted by molar-refractivity contribution is -0.125. The smallest absolute Gasteiger partial charge is 0.230 e. The quantitative estimate of drug-likeness (QED) is 0.909. The molecule has 0 saturated carbocycles. The number of nitrogens with one attached hydrogen (secondary N) is 1. The number of rotatable bonds is 3. The Morgan fingerprint density at radius 1 is 1.48 bits per heavy atom. The molecule has 0 aliphatic carbocycles. The molecule has 3 heterocycles. The number of anilines is 1. The molecule has 1 N–H and O–H groups in total. The lowest BCUT2D eigenvalue weighted by Crippen LogP contribution is -2.54. The van der Waals surface area contributed by atoms with Crippen LogP contribution in [0.4, 0.5) is 5.82 Å². The van der Waals surface area contributed by atoms with E-state index in [4.69, 9.17) is 4.74 Å². The Hall–Kier alpha value is -1.53. The fraction of sp³-hybridized carbons (Fsp3) is 0.667. The normalized spacial score (nSPS) is 29.4. The second-order valence-corrected chi connectivity index (χ2v) is 6.07. The molecule has 6 nitrogen and oxygen atoms in total. The van der Waals surface area contributed by atoms with Crippen molar-refractivity contribution in [2.75, 3.05) is 18.5 Å². The summed E-state index contributed by atoms with van der Waals surface area (Å²) in [5, 5.41) is 2.86. The molecule has 21 heavy (non-hydrogen) atoms. The van der Waals surface area contributed by atoms with Crippen LogP contribution in [0, 0.1) is 5.92 Å². The van der Waals surface area contributed by atoms with Crippen LogP contribution in [0.1, 0.15) is 26.7 Å². The van der Waals surface area contributed by atoms with Gasteiger partial charge in [0.25, 0.3) is 0 Å². The van der Waals surface area contributed by atoms with Crippen molar-refractivity contribution in [3.8, 4) is 0 Å². The van der Waals surface area contributed by atoms with E-state index in [0.29, 0.717) is 17.9 Å². The van der Waals surface area contributed by atoms with E-state index in [0.717, 1.165) is 26.0 Å². The van der Waals surface area contributed by atoms with E-state index in [9.17, 15) is 4.79 Å². The number of aromatic nitrogens is 2. The first-order valence-electron chi connectivity index (χ1n) is 7.59. The minimum absolute atomic E-state index is 0.00935. The lowest BCUT2D eigenvalue weighted by atomic mass is 9.88. The number of likely N-dealkylation sites (tertiary alicyclic amines) is 1. The molecule has 3 atom stereocenters. The van der Waals surface area contributed by atoms with Crippen molar-refractivity contribution in [1.29, 1.82) is 0 Å². The van der Waals surface area contributed by atoms with Crippen LogP contribution in [0.5, 0.6) is 0 Å². The standard InChI is InChI=1S/C15H22N4O2/c1-10(2)19-9-11(7-13-12(19)3-6-21-13)15(20)18-14-8-16-4-5-17-14/h4-5,8,10-13H,3,6-7,9H2,1-2H3,(H,17,18,20)/t11-,12+,13+/m0/s1. The number of hydrogen-bond acceptors (Lipinski definition) is 5. The Labute approximate surface area is 124 Å². The molecule has 1 aromatic heterocycles. The van der Waals surface area contributed by atoms with Crippen LogP contribution in [-0.4, -0.2) is 52.1 Å². The molecule has 0 radical (unpaired) electrons. The third-order valence-corrected chi connectivity index (χ3v) is 4.40. The molecule has 2 aliphatic rings. The number of amides is 1. The van der Waals surface area contributed by atoms with Gasteiger partial charge in [0, 0.05) is 37.6 Å². The number of fused-ring (bicyclic) bond motifs is 1. The van der Waals surface area contributed by atoms with Gasteiger partial charge in [0.05, 0.1) is 18.2 Å². The van der Waals surface area contributed by atoms with E-state index in [1.165, 1.54) is 0 Å². The third-order valence-electron chi connectivity index (χ3n) is 4.40. The highest BCUT2D eigenvalue weighted by Crippen LogP contribution is 2.32. The van der Waals surface area contributed by atoms with Gasteiger partial charge in [0.15, 0.2) is 5.82 Å². The fourth-order valence-corrected chi connectivity index (χ4v) is 3.36. The van der Waals surface area contributed by atoms with Crippen molar-refractivity contribution in [2.24, 2.45) is 5.92 Å². The molecule has 2 aliphatic heterocycles. The highest BCUT2D eigenvalue weighted by Gasteiger charge is 2.43. The summed E-state index contributed by atoms with van der Waals surface area (Å²) >= 11 is 0. The van der Waals surface area contributed by atoms with Crippen molar-refractivity contribution in [1.82, 2.24) is 14.9 Å². The predicted octanol–water partition coefficient (Wildman–Crippen LogP) is 1.30. The monoisotopic (exact) mass is 290 g/mol. The van der Waals surface area contributed by atoms with Gasteiger partial charge >= 0.3 is 0 Å². The van der Waals surface area contributed by atoms with E-state index in [-0.39, 0.29) is 17.9 Å². The van der Waals surface area contributed by atoms with Crippen molar-refractivity contribution < 1.29 is 9.53 Å². The summed E-state index contributed by atoms with van der Waals surface area (Å²) in [4.78, 5) is 22.9. The van der Waals surface area contributed by atoms with Crippen molar-refractivity contribution in [2.45, 2.75) is 44.9 Å². The number of piperidine rings is 1. The van der Waals surface area contributed by atoms with Crippen molar-refractivity contribution in [3.63, 3.8) is 0 Å². The zero-order chi connectivity index (χ0) is 14.8. The summed E-state index contributed by atoms with van der Waals surface area (Å²) in [6.07, 6.45) is 6.77. The molecule has 114 valence electrons. The van der Waals surface area contributed by atoms with Gasteiger partial charge in [-0.2, -0.15) is 0 Å². The molecule has 0 spiro atoms. The molecule has 0 aromatic carbocycles. The largest absolute Gasteiger partial charge is 0.377 e. The Kier molecular flexibility index (Phi) is 4.17. The maximum Gasteiger partial charge on any atom is 0.230 e. The highest BCUT2D eigenvalue weighted by atomic mass is 16.5. The van der Waals surface area contributed by atoms with Gasteiger partial charge in [-0.1, -0.05) is 0 Å². The number of carbonyl (C=O) groups excluding carboxylic acids is 1. The minimum Gasteiger partial charge on any atom is -0.377 e. The lowest BCUT2D eigenvalue weighted by Gasteiger charge is -2.42. The van der Waals surface area contributed by atoms with E-state index in [1.54, 1.807) is 18.6 Å². The Morgan fingerprint density at radius 3 is 3.05 bits per heavy atom. The van der Waals surface area contributed by atoms with Gasteiger partial charge < -0.3 is 10.1 Å². The summed E-state index contributed by atoms with van der Waals surface area (Å²) in [5.74, 6) is 0.455. The van der Waals surface area contributed by atoms with E-state index in [1.807, 2.05) is 0 Å². The third kappa shape index (κ3) is 3.06. The van der Waals surface area contributed by atoms with Gasteiger partial charge in [0.1, 0.15) is 0 Å². The topological polar surface area (TPSA) is 67.4 Å². The summed E-state index contributed by atoms with van der Waals surface area (Å²) in [5.41, 5.74) is 0. The predicted molar refractivity (Wildman–Crippen MR) is 78.8 cm³/mol. The number of ether oxygens (including phenoxy) is 1. The number of nitrogens with zero attached hydrogens (tertiary/aromatic N) is 3. The highest BCUT2D eigenvalue weighted by molar-refractivity contribution is 5.91. The Balaban J connectivity index is 1.69. The second kappa shape index (κ2) is 6.07. The molecule has 1 amide bonds. The molecule has 0 bridgehead atoms. The van der Waals surface area contributed by atoms with E-state index >= 15 is 0 Å². The van der Waals surface area contributed by atoms with Gasteiger partial charge in [-0.05, 0) is 26.7 Å². The second-order valence-electron chi connectivity index (χ2n) is 6.07. The summed E-state index contributed by atoms with van der Waals surface area (Å²) in [6.45, 7) is 5.95. The van der Waals surface area contributed by atoms with Gasteiger partial charge in [0.2, 0.25) is 5.91 Å². The van der Waals surface area contributed by atoms with Crippen LogP contribution in [0.3, 0.4) is 0 Å². The van der Waals surface area contributed by atoms with Gasteiger partial charge in [-0.15, -0.1) is 0 Å². The fourth-order valence-electron chi connectivity index (χ4n) is 3.36. The van der Waals surface area contributed by atoms with Gasteiger partial charge in [-0.25, -0.2) is 4.98 Å². The van der Waals surface area contributed by atoms with Crippen molar-refractivity contribution >= 4 is 11.7 Å². The molecule has 0 unspecified atom stereocenters. The van der Waals surface area contributed by atoms with Crippen LogP contribution in [-0.2, 0) is 9.53 Å². The molecule has 3 rings (SSSR count). The van der Waals surface area contributed by atoms with Crippen LogP contribution in [0.15, 0.2) is 18.6 Å². The summed E-state index contributed by atoms with van der Waals surface area (Å²) in [6, 6.07) is 0.886. The van der Waals surface area contributed by atoms with Crippen LogP contribution < -0.4 is 5.32 Å². The average Bonchev–Trinajstić information content (AvgIpc) is 2.95. The van der Waals surface area contributed by atoms with E-state index < -0.39 is 0 Å². The van der Waals surface area contributed by atoms with Crippen LogP contribution in [0.25, 0.3) is 0 Å². The van der Waals surface area contributed by atoms with Crippen LogP contribution in [0.2, 0.25) is 0 Å². The first-order chi connectivity index (χ1) is 10.1. The van der Waals surface area contributed by atoms with Crippen molar-refractivity contribution in [3.05, 3.63) is 18.6 Å². The molecular formula is C15H22N4O2. The number of carbonyl (C=O) groups is 1. The molecule has 2 saturated heterocycles. The first kappa shape index (κ1) is 14.4. The van der Waals surface area contributed by atoms with Gasteiger partial charge in [-0.3, -0.25) is 14.7 Å². The summed E-state index contributed by atoms with van der Waals surface area (Å²) < 4.78 is 5.82. The Morgan fingerprint density at radius 2 is 2.33 bits per heavy atom. The zero-order valence-corrected chi connectivity index (χ0v) is 12.5. The number of hydrogen-bond donors (Lipinski definition) is 1. The molecule has 1 aromatic rings. The zero-order valence-electron chi connectivity index (χ0n) is 12.5. The average molecular weight is 290 g/mol. The first-order valence-corrected chi connectivity index (χ1v) is 7.59. The Bertz CT molecular complexity index is 494. The maximum atomic E-state index is 12.5. The molecular weight excluding hydrogens is 268 g/mol. The SMILES string of the molecule is CC(C)N1C[C@@H](C(=O)Nc2cnccn2)C[C@H]2OCC[C@H]21. The summed E-state index contributed by atoms with van der Waals surface area (Å²) in [7, 11) is 0. The molecule has 2 fully saturated rings. The minimum atomic E-state index is -0.0613. The maximum absolute atomic E-state index is 12.5. The van der Waals surface area contributed by atoms with E-state index in [2.05, 4.69) is 34.0 Å². The van der Waals surface area contributed by atoms with Crippen LogP contribution >= 0.6 is 0 Å².